The van der Waals surface area contributed by atoms with Crippen molar-refractivity contribution >= 4 is 82.4 Å². The van der Waals surface area contributed by atoms with Crippen LogP contribution in [0.3, 0.4) is 0 Å². The van der Waals surface area contributed by atoms with Gasteiger partial charge >= 0.3 is 0 Å². The molecular formula is C62H40N2O. The fourth-order valence-electron chi connectivity index (χ4n) is 10.2. The Labute approximate surface area is 376 Å². The number of hydrogen-bond acceptors (Lipinski definition) is 2. The summed E-state index contributed by atoms with van der Waals surface area (Å²) in [6, 6.07) is 87.7. The van der Waals surface area contributed by atoms with Crippen LogP contribution in [0.15, 0.2) is 247 Å². The molecule has 2 heterocycles. The maximum atomic E-state index is 6.78. The van der Waals surface area contributed by atoms with Gasteiger partial charge in [-0.2, -0.15) is 0 Å². The van der Waals surface area contributed by atoms with Crippen molar-refractivity contribution in [3.63, 3.8) is 0 Å². The summed E-state index contributed by atoms with van der Waals surface area (Å²) < 4.78 is 9.19. The van der Waals surface area contributed by atoms with Crippen LogP contribution in [0.4, 0.5) is 17.1 Å². The minimum absolute atomic E-state index is 0.865. The second kappa shape index (κ2) is 15.0. The zero-order valence-electron chi connectivity index (χ0n) is 35.4. The third kappa shape index (κ3) is 6.05. The third-order valence-corrected chi connectivity index (χ3v) is 13.2. The summed E-state index contributed by atoms with van der Waals surface area (Å²) in [6.45, 7) is 0. The second-order valence-electron chi connectivity index (χ2n) is 16.8. The molecule has 3 nitrogen and oxygen atoms in total. The number of benzene rings is 11. The first-order valence-corrected chi connectivity index (χ1v) is 22.2. The maximum absolute atomic E-state index is 6.78. The molecule has 0 aliphatic heterocycles. The van der Waals surface area contributed by atoms with Crippen molar-refractivity contribution in [2.45, 2.75) is 0 Å². The zero-order chi connectivity index (χ0) is 42.8. The molecule has 0 saturated heterocycles. The number of anilines is 3. The van der Waals surface area contributed by atoms with Crippen LogP contribution in [0.1, 0.15) is 0 Å². The number of nitrogens with zero attached hydrogens (tertiary/aromatic N) is 2. The Morgan fingerprint density at radius 3 is 1.57 bits per heavy atom. The Kier molecular flexibility index (Phi) is 8.53. The monoisotopic (exact) mass is 828 g/mol. The van der Waals surface area contributed by atoms with Crippen molar-refractivity contribution in [1.82, 2.24) is 4.57 Å². The summed E-state index contributed by atoms with van der Waals surface area (Å²) >= 11 is 0. The van der Waals surface area contributed by atoms with Crippen LogP contribution in [0, 0.1) is 0 Å². The predicted molar refractivity (Wildman–Crippen MR) is 274 cm³/mol. The summed E-state index contributed by atoms with van der Waals surface area (Å²) in [4.78, 5) is 2.45. The molecule has 0 bridgehead atoms. The molecular weight excluding hydrogens is 789 g/mol. The van der Waals surface area contributed by atoms with E-state index in [1.54, 1.807) is 0 Å². The number of para-hydroxylation sites is 2. The SMILES string of the molecule is c1ccc(-c2ccc(-c3c4c(cc5c3c3cc(N(c6ccc(-c7ccccc7)cc6)c6cc7ccccc7c7ccccc67)ccc3n5-c3ccccc3)oc3ccccc34)cc2)cc1. The van der Waals surface area contributed by atoms with Crippen molar-refractivity contribution in [2.24, 2.45) is 0 Å². The van der Waals surface area contributed by atoms with Crippen LogP contribution in [0.2, 0.25) is 0 Å². The van der Waals surface area contributed by atoms with Crippen LogP contribution in [-0.2, 0) is 0 Å². The van der Waals surface area contributed by atoms with Crippen LogP contribution < -0.4 is 4.90 Å². The van der Waals surface area contributed by atoms with E-state index in [1.807, 2.05) is 0 Å². The van der Waals surface area contributed by atoms with Crippen molar-refractivity contribution in [3.05, 3.63) is 243 Å². The van der Waals surface area contributed by atoms with Crippen LogP contribution in [-0.4, -0.2) is 4.57 Å². The molecule has 304 valence electrons. The Hall–Kier alpha value is -8.66. The van der Waals surface area contributed by atoms with Gasteiger partial charge in [0, 0.05) is 55.6 Å². The summed E-state index contributed by atoms with van der Waals surface area (Å²) in [6.07, 6.45) is 0. The molecule has 2 aromatic heterocycles. The summed E-state index contributed by atoms with van der Waals surface area (Å²) in [5.74, 6) is 0. The van der Waals surface area contributed by atoms with Gasteiger partial charge < -0.3 is 13.9 Å². The number of fused-ring (bicyclic) bond motifs is 9. The molecule has 0 radical (unpaired) electrons. The Morgan fingerprint density at radius 1 is 0.323 bits per heavy atom. The Balaban J connectivity index is 1.13. The maximum Gasteiger partial charge on any atom is 0.138 e. The normalized spacial score (nSPS) is 11.7. The molecule has 65 heavy (non-hydrogen) atoms. The molecule has 0 fully saturated rings. The highest BCUT2D eigenvalue weighted by Gasteiger charge is 2.25. The number of hydrogen-bond donors (Lipinski definition) is 0. The molecule has 0 aliphatic carbocycles. The lowest BCUT2D eigenvalue weighted by Crippen LogP contribution is -2.10. The van der Waals surface area contributed by atoms with Crippen molar-refractivity contribution < 1.29 is 4.42 Å². The molecule has 13 aromatic rings. The largest absolute Gasteiger partial charge is 0.456 e. The van der Waals surface area contributed by atoms with Crippen LogP contribution >= 0.6 is 0 Å². The van der Waals surface area contributed by atoms with E-state index in [4.69, 9.17) is 4.42 Å². The lowest BCUT2D eigenvalue weighted by atomic mass is 9.92. The van der Waals surface area contributed by atoms with Crippen molar-refractivity contribution in [3.8, 4) is 39.1 Å². The van der Waals surface area contributed by atoms with E-state index in [1.165, 1.54) is 49.2 Å². The van der Waals surface area contributed by atoms with E-state index >= 15 is 0 Å². The average molecular weight is 829 g/mol. The van der Waals surface area contributed by atoms with Crippen LogP contribution in [0.5, 0.6) is 0 Å². The van der Waals surface area contributed by atoms with E-state index in [-0.39, 0.29) is 0 Å². The molecule has 13 rings (SSSR count). The molecule has 0 N–H and O–H groups in total. The molecule has 0 saturated carbocycles. The first kappa shape index (κ1) is 36.9. The highest BCUT2D eigenvalue weighted by atomic mass is 16.3. The number of furan rings is 1. The van der Waals surface area contributed by atoms with Gasteiger partial charge in [0.15, 0.2) is 0 Å². The summed E-state index contributed by atoms with van der Waals surface area (Å²) in [5, 5.41) is 9.42. The molecule has 0 atom stereocenters. The smallest absolute Gasteiger partial charge is 0.138 e. The van der Waals surface area contributed by atoms with Gasteiger partial charge in [-0.1, -0.05) is 182 Å². The fraction of sp³-hybridized carbons (Fsp3) is 0. The minimum Gasteiger partial charge on any atom is -0.456 e. The lowest BCUT2D eigenvalue weighted by molar-refractivity contribution is 0.669. The Morgan fingerprint density at radius 2 is 0.862 bits per heavy atom. The van der Waals surface area contributed by atoms with Gasteiger partial charge in [-0.15, -0.1) is 0 Å². The van der Waals surface area contributed by atoms with Gasteiger partial charge in [-0.25, -0.2) is 0 Å². The molecule has 11 aromatic carbocycles. The molecule has 0 amide bonds. The Bertz CT molecular complexity index is 3910. The standard InChI is InChI=1S/C62H40N2O/c1-4-16-41(17-5-1)43-28-30-45(31-29-43)60-61-54-39-49(36-37-55(54)64(47-21-8-3-9-22-47)57(61)40-59-62(60)53-26-14-15-27-58(53)65-59)63(48-34-32-44(33-35-48)42-18-6-2-7-19-42)56-38-46-20-10-11-23-50(46)51-24-12-13-25-52(51)56/h1-40H. The predicted octanol–water partition coefficient (Wildman–Crippen LogP) is 17.5. The van der Waals surface area contributed by atoms with E-state index in [2.05, 4.69) is 252 Å². The van der Waals surface area contributed by atoms with Gasteiger partial charge in [0.25, 0.3) is 0 Å². The van der Waals surface area contributed by atoms with E-state index in [9.17, 15) is 0 Å². The minimum atomic E-state index is 0.865. The lowest BCUT2D eigenvalue weighted by Gasteiger charge is -2.28. The van der Waals surface area contributed by atoms with Crippen LogP contribution in [0.25, 0.3) is 104 Å². The highest BCUT2D eigenvalue weighted by Crippen LogP contribution is 2.49. The van der Waals surface area contributed by atoms with Gasteiger partial charge in [0.05, 0.1) is 16.7 Å². The molecule has 0 aliphatic rings. The van der Waals surface area contributed by atoms with Gasteiger partial charge in [-0.05, 0) is 98.6 Å². The highest BCUT2D eigenvalue weighted by molar-refractivity contribution is 6.27. The van der Waals surface area contributed by atoms with Gasteiger partial charge in [0.1, 0.15) is 11.2 Å². The number of rotatable bonds is 7. The third-order valence-electron chi connectivity index (χ3n) is 13.2. The number of aromatic nitrogens is 1. The zero-order valence-corrected chi connectivity index (χ0v) is 35.4. The second-order valence-corrected chi connectivity index (χ2v) is 16.8. The summed E-state index contributed by atoms with van der Waals surface area (Å²) in [5.41, 5.74) is 15.4. The first-order chi connectivity index (χ1) is 32.2. The first-order valence-electron chi connectivity index (χ1n) is 22.2. The quantitative estimate of drug-likeness (QED) is 0.149. The summed E-state index contributed by atoms with van der Waals surface area (Å²) in [7, 11) is 0. The van der Waals surface area contributed by atoms with Crippen molar-refractivity contribution in [1.29, 1.82) is 0 Å². The van der Waals surface area contributed by atoms with E-state index in [0.29, 0.717) is 0 Å². The fourth-order valence-corrected chi connectivity index (χ4v) is 10.2. The average Bonchev–Trinajstić information content (AvgIpc) is 3.92. The van der Waals surface area contributed by atoms with Gasteiger partial charge in [0.2, 0.25) is 0 Å². The van der Waals surface area contributed by atoms with Crippen molar-refractivity contribution in [2.75, 3.05) is 4.90 Å². The molecule has 0 unspecified atom stereocenters. The molecule has 0 spiro atoms. The van der Waals surface area contributed by atoms with E-state index in [0.717, 1.165) is 72.2 Å². The van der Waals surface area contributed by atoms with E-state index < -0.39 is 0 Å². The topological polar surface area (TPSA) is 21.3 Å². The molecule has 3 heteroatoms. The van der Waals surface area contributed by atoms with Gasteiger partial charge in [-0.3, -0.25) is 0 Å².